The molecular formula is C14H14F4N2O2. The third-order valence-electron chi connectivity index (χ3n) is 3.63. The van der Waals surface area contributed by atoms with Crippen LogP contribution in [-0.4, -0.2) is 29.8 Å². The predicted octanol–water partition coefficient (Wildman–Crippen LogP) is 2.08. The summed E-state index contributed by atoms with van der Waals surface area (Å²) in [5.74, 6) is -1.70. The number of nitrogens with zero attached hydrogens (tertiary/aromatic N) is 1. The summed E-state index contributed by atoms with van der Waals surface area (Å²) >= 11 is 0. The monoisotopic (exact) mass is 318 g/mol. The number of halogens is 4. The van der Waals surface area contributed by atoms with E-state index in [4.69, 9.17) is 0 Å². The van der Waals surface area contributed by atoms with E-state index in [9.17, 15) is 27.2 Å². The molecule has 0 aromatic heterocycles. The van der Waals surface area contributed by atoms with Gasteiger partial charge >= 0.3 is 6.18 Å². The molecule has 0 bridgehead atoms. The molecule has 120 valence electrons. The van der Waals surface area contributed by atoms with Gasteiger partial charge in [-0.1, -0.05) is 6.07 Å². The number of likely N-dealkylation sites (N-methyl/N-ethyl adjacent to an activating group) is 1. The van der Waals surface area contributed by atoms with Crippen molar-refractivity contribution < 1.29 is 27.2 Å². The molecule has 1 aromatic rings. The second-order valence-corrected chi connectivity index (χ2v) is 5.08. The lowest BCUT2D eigenvalue weighted by Crippen LogP contribution is -2.42. The van der Waals surface area contributed by atoms with Crippen LogP contribution in [0, 0.1) is 5.82 Å². The molecule has 1 unspecified atom stereocenters. The zero-order chi connectivity index (χ0) is 16.5. The molecule has 22 heavy (non-hydrogen) atoms. The van der Waals surface area contributed by atoms with Crippen LogP contribution in [0.2, 0.25) is 0 Å². The number of nitrogens with one attached hydrogen (secondary N) is 1. The fourth-order valence-corrected chi connectivity index (χ4v) is 2.38. The zero-order valence-electron chi connectivity index (χ0n) is 11.7. The molecule has 1 atom stereocenters. The molecule has 1 aliphatic rings. The fraction of sp³-hybridized carbons (Fsp3) is 0.429. The molecule has 4 nitrogen and oxygen atoms in total. The number of amides is 2. The highest BCUT2D eigenvalue weighted by atomic mass is 19.4. The molecular weight excluding hydrogens is 304 g/mol. The molecule has 1 N–H and O–H groups in total. The fourth-order valence-electron chi connectivity index (χ4n) is 2.38. The van der Waals surface area contributed by atoms with Crippen LogP contribution in [0.1, 0.15) is 24.0 Å². The third-order valence-corrected chi connectivity index (χ3v) is 3.63. The molecule has 1 aliphatic heterocycles. The topological polar surface area (TPSA) is 49.4 Å². The van der Waals surface area contributed by atoms with Gasteiger partial charge in [-0.15, -0.1) is 0 Å². The highest BCUT2D eigenvalue weighted by Gasteiger charge is 2.35. The van der Waals surface area contributed by atoms with Gasteiger partial charge in [-0.2, -0.15) is 13.2 Å². The van der Waals surface area contributed by atoms with Gasteiger partial charge in [0.25, 0.3) is 0 Å². The van der Waals surface area contributed by atoms with E-state index in [1.165, 1.54) is 11.9 Å². The summed E-state index contributed by atoms with van der Waals surface area (Å²) in [6.45, 7) is -0.382. The normalized spacial score (nSPS) is 18.7. The standard InChI is InChI=1S/C14H14F4N2O2/c1-20-11(4-5-12(20)21)13(22)19-7-8-2-3-9(15)6-10(8)14(16,17)18/h2-3,6,11H,4-5,7H2,1H3,(H,19,22). The lowest BCUT2D eigenvalue weighted by atomic mass is 10.1. The molecule has 2 rings (SSSR count). The van der Waals surface area contributed by atoms with Crippen molar-refractivity contribution in [2.75, 3.05) is 7.05 Å². The van der Waals surface area contributed by atoms with Crippen molar-refractivity contribution in [3.63, 3.8) is 0 Å². The first kappa shape index (κ1) is 16.3. The molecule has 1 saturated heterocycles. The molecule has 0 radical (unpaired) electrons. The van der Waals surface area contributed by atoms with E-state index in [1.54, 1.807) is 0 Å². The summed E-state index contributed by atoms with van der Waals surface area (Å²) in [5, 5.41) is 2.37. The molecule has 1 heterocycles. The van der Waals surface area contributed by atoms with Crippen LogP contribution >= 0.6 is 0 Å². The highest BCUT2D eigenvalue weighted by molar-refractivity contribution is 5.90. The van der Waals surface area contributed by atoms with E-state index >= 15 is 0 Å². The van der Waals surface area contributed by atoms with Crippen molar-refractivity contribution in [2.45, 2.75) is 31.6 Å². The SMILES string of the molecule is CN1C(=O)CCC1C(=O)NCc1ccc(F)cc1C(F)(F)F. The maximum atomic E-state index is 13.0. The van der Waals surface area contributed by atoms with Gasteiger partial charge in [0.05, 0.1) is 5.56 Å². The first-order valence-electron chi connectivity index (χ1n) is 6.59. The number of rotatable bonds is 3. The van der Waals surface area contributed by atoms with Crippen LogP contribution < -0.4 is 5.32 Å². The average molecular weight is 318 g/mol. The summed E-state index contributed by atoms with van der Waals surface area (Å²) in [5.41, 5.74) is -1.35. The van der Waals surface area contributed by atoms with Crippen molar-refractivity contribution in [2.24, 2.45) is 0 Å². The van der Waals surface area contributed by atoms with E-state index in [2.05, 4.69) is 5.32 Å². The Morgan fingerprint density at radius 3 is 2.64 bits per heavy atom. The maximum Gasteiger partial charge on any atom is 0.416 e. The van der Waals surface area contributed by atoms with Gasteiger partial charge in [-0.3, -0.25) is 9.59 Å². The van der Waals surface area contributed by atoms with E-state index < -0.39 is 29.5 Å². The Bertz CT molecular complexity index is 601. The van der Waals surface area contributed by atoms with E-state index in [1.807, 2.05) is 0 Å². The van der Waals surface area contributed by atoms with E-state index in [0.29, 0.717) is 12.5 Å². The number of alkyl halides is 3. The Morgan fingerprint density at radius 1 is 1.41 bits per heavy atom. The molecule has 2 amide bonds. The summed E-state index contributed by atoms with van der Waals surface area (Å²) in [6.07, 6.45) is -4.14. The summed E-state index contributed by atoms with van der Waals surface area (Å²) in [4.78, 5) is 24.6. The number of hydrogen-bond donors (Lipinski definition) is 1. The van der Waals surface area contributed by atoms with Gasteiger partial charge in [-0.05, 0) is 24.1 Å². The van der Waals surface area contributed by atoms with Crippen molar-refractivity contribution in [1.82, 2.24) is 10.2 Å². The van der Waals surface area contributed by atoms with Gasteiger partial charge < -0.3 is 10.2 Å². The molecule has 0 spiro atoms. The second-order valence-electron chi connectivity index (χ2n) is 5.08. The zero-order valence-corrected chi connectivity index (χ0v) is 11.7. The quantitative estimate of drug-likeness (QED) is 0.868. The van der Waals surface area contributed by atoms with Crippen LogP contribution in [0.4, 0.5) is 17.6 Å². The van der Waals surface area contributed by atoms with Crippen LogP contribution in [0.15, 0.2) is 18.2 Å². The Kier molecular flexibility index (Phi) is 4.39. The van der Waals surface area contributed by atoms with Gasteiger partial charge in [0.2, 0.25) is 11.8 Å². The van der Waals surface area contributed by atoms with Gasteiger partial charge in [0.15, 0.2) is 0 Å². The first-order valence-corrected chi connectivity index (χ1v) is 6.59. The smallest absolute Gasteiger partial charge is 0.350 e. The second kappa shape index (κ2) is 5.94. The Hall–Kier alpha value is -2.12. The third kappa shape index (κ3) is 3.37. The summed E-state index contributed by atoms with van der Waals surface area (Å²) in [7, 11) is 1.47. The minimum atomic E-state index is -4.71. The molecule has 8 heteroatoms. The minimum absolute atomic E-state index is 0.182. The maximum absolute atomic E-state index is 13.0. The predicted molar refractivity (Wildman–Crippen MR) is 69.0 cm³/mol. The van der Waals surface area contributed by atoms with Crippen LogP contribution in [-0.2, 0) is 22.3 Å². The number of benzene rings is 1. The Balaban J connectivity index is 2.09. The molecule has 1 fully saturated rings. The van der Waals surface area contributed by atoms with Crippen LogP contribution in [0.3, 0.4) is 0 Å². The highest BCUT2D eigenvalue weighted by Crippen LogP contribution is 2.32. The molecule has 1 aromatic carbocycles. The summed E-state index contributed by atoms with van der Waals surface area (Å²) < 4.78 is 51.5. The number of carbonyl (C=O) groups is 2. The van der Waals surface area contributed by atoms with Gasteiger partial charge in [0.1, 0.15) is 11.9 Å². The minimum Gasteiger partial charge on any atom is -0.350 e. The lowest BCUT2D eigenvalue weighted by Gasteiger charge is -2.20. The van der Waals surface area contributed by atoms with Crippen LogP contribution in [0.25, 0.3) is 0 Å². The number of carbonyl (C=O) groups excluding carboxylic acids is 2. The average Bonchev–Trinajstić information content (AvgIpc) is 2.76. The largest absolute Gasteiger partial charge is 0.416 e. The van der Waals surface area contributed by atoms with Crippen molar-refractivity contribution in [1.29, 1.82) is 0 Å². The summed E-state index contributed by atoms with van der Waals surface area (Å²) in [6, 6.07) is 1.61. The number of likely N-dealkylation sites (tertiary alicyclic amines) is 1. The van der Waals surface area contributed by atoms with Crippen LogP contribution in [0.5, 0.6) is 0 Å². The van der Waals surface area contributed by atoms with Crippen molar-refractivity contribution in [3.8, 4) is 0 Å². The van der Waals surface area contributed by atoms with E-state index in [-0.39, 0.29) is 24.4 Å². The Morgan fingerprint density at radius 2 is 2.09 bits per heavy atom. The lowest BCUT2D eigenvalue weighted by molar-refractivity contribution is -0.138. The molecule has 0 aliphatic carbocycles. The van der Waals surface area contributed by atoms with Crippen molar-refractivity contribution in [3.05, 3.63) is 35.1 Å². The van der Waals surface area contributed by atoms with E-state index in [0.717, 1.165) is 12.1 Å². The van der Waals surface area contributed by atoms with Gasteiger partial charge in [-0.25, -0.2) is 4.39 Å². The van der Waals surface area contributed by atoms with Gasteiger partial charge in [0, 0.05) is 20.0 Å². The number of hydrogen-bond acceptors (Lipinski definition) is 2. The Labute approximate surface area is 124 Å². The molecule has 0 saturated carbocycles. The van der Waals surface area contributed by atoms with Crippen molar-refractivity contribution >= 4 is 11.8 Å². The first-order chi connectivity index (χ1) is 10.2.